The van der Waals surface area contributed by atoms with E-state index < -0.39 is 5.60 Å². The number of rotatable bonds is 1. The molecular formula is C10H11BrN2O2. The van der Waals surface area contributed by atoms with Gasteiger partial charge in [-0.25, -0.2) is 4.98 Å². The molecule has 1 amide bonds. The maximum Gasteiger partial charge on any atom is 0.272 e. The lowest BCUT2D eigenvalue weighted by Crippen LogP contribution is -2.61. The van der Waals surface area contributed by atoms with Crippen molar-refractivity contribution in [2.24, 2.45) is 0 Å². The van der Waals surface area contributed by atoms with Crippen LogP contribution in [0.3, 0.4) is 0 Å². The van der Waals surface area contributed by atoms with Crippen molar-refractivity contribution in [1.82, 2.24) is 9.88 Å². The van der Waals surface area contributed by atoms with Gasteiger partial charge in [-0.2, -0.15) is 0 Å². The van der Waals surface area contributed by atoms with Gasteiger partial charge in [-0.15, -0.1) is 0 Å². The molecule has 4 nitrogen and oxygen atoms in total. The monoisotopic (exact) mass is 270 g/mol. The van der Waals surface area contributed by atoms with Crippen molar-refractivity contribution in [2.75, 3.05) is 13.1 Å². The number of β-amino-alcohol motifs (C(OH)–C–C–N with tert-alkyl or cyclic N) is 1. The van der Waals surface area contributed by atoms with Crippen LogP contribution in [0.1, 0.15) is 17.4 Å². The zero-order valence-electron chi connectivity index (χ0n) is 8.27. The van der Waals surface area contributed by atoms with Crippen molar-refractivity contribution in [2.45, 2.75) is 12.5 Å². The largest absolute Gasteiger partial charge is 0.386 e. The van der Waals surface area contributed by atoms with Crippen molar-refractivity contribution >= 4 is 21.8 Å². The maximum atomic E-state index is 11.8. The van der Waals surface area contributed by atoms with E-state index in [4.69, 9.17) is 0 Å². The van der Waals surface area contributed by atoms with E-state index >= 15 is 0 Å². The topological polar surface area (TPSA) is 53.4 Å². The van der Waals surface area contributed by atoms with Crippen LogP contribution in [-0.4, -0.2) is 39.6 Å². The van der Waals surface area contributed by atoms with Gasteiger partial charge in [-0.1, -0.05) is 6.07 Å². The molecule has 0 aromatic carbocycles. The number of hydrogen-bond acceptors (Lipinski definition) is 3. The minimum atomic E-state index is -0.734. The highest BCUT2D eigenvalue weighted by molar-refractivity contribution is 9.10. The van der Waals surface area contributed by atoms with Crippen molar-refractivity contribution in [3.05, 3.63) is 28.5 Å². The van der Waals surface area contributed by atoms with Crippen LogP contribution in [0.5, 0.6) is 0 Å². The Morgan fingerprint density at radius 3 is 2.80 bits per heavy atom. The summed E-state index contributed by atoms with van der Waals surface area (Å²) in [5, 5.41) is 9.51. The third kappa shape index (κ3) is 2.18. The smallest absolute Gasteiger partial charge is 0.272 e. The first-order valence-electron chi connectivity index (χ1n) is 4.62. The Morgan fingerprint density at radius 2 is 2.27 bits per heavy atom. The van der Waals surface area contributed by atoms with Crippen LogP contribution < -0.4 is 0 Å². The van der Waals surface area contributed by atoms with E-state index in [1.54, 1.807) is 30.0 Å². The molecule has 0 aliphatic carbocycles. The molecule has 0 unspecified atom stereocenters. The van der Waals surface area contributed by atoms with Gasteiger partial charge < -0.3 is 10.0 Å². The van der Waals surface area contributed by atoms with E-state index in [0.717, 1.165) is 0 Å². The summed E-state index contributed by atoms with van der Waals surface area (Å²) in [6, 6.07) is 5.20. The molecule has 15 heavy (non-hydrogen) atoms. The summed E-state index contributed by atoms with van der Waals surface area (Å²) < 4.78 is 0.639. The number of likely N-dealkylation sites (tertiary alicyclic amines) is 1. The van der Waals surface area contributed by atoms with Crippen LogP contribution >= 0.6 is 15.9 Å². The molecule has 5 heteroatoms. The lowest BCUT2D eigenvalue weighted by atomic mass is 9.96. The van der Waals surface area contributed by atoms with Crippen LogP contribution in [0.25, 0.3) is 0 Å². The van der Waals surface area contributed by atoms with Crippen molar-refractivity contribution in [1.29, 1.82) is 0 Å². The lowest BCUT2D eigenvalue weighted by molar-refractivity contribution is -0.0670. The number of amides is 1. The van der Waals surface area contributed by atoms with E-state index in [-0.39, 0.29) is 5.91 Å². The molecule has 0 bridgehead atoms. The molecule has 1 fully saturated rings. The Labute approximate surface area is 96.1 Å². The van der Waals surface area contributed by atoms with Gasteiger partial charge in [0, 0.05) is 0 Å². The number of aromatic nitrogens is 1. The zero-order valence-corrected chi connectivity index (χ0v) is 9.86. The predicted molar refractivity (Wildman–Crippen MR) is 58.5 cm³/mol. The zero-order chi connectivity index (χ0) is 11.1. The summed E-state index contributed by atoms with van der Waals surface area (Å²) in [5.41, 5.74) is -0.332. The third-order valence-corrected chi connectivity index (χ3v) is 2.73. The van der Waals surface area contributed by atoms with Gasteiger partial charge in [0.05, 0.1) is 18.7 Å². The number of halogens is 1. The first-order chi connectivity index (χ1) is 6.98. The van der Waals surface area contributed by atoms with Gasteiger partial charge in [0.1, 0.15) is 10.3 Å². The summed E-state index contributed by atoms with van der Waals surface area (Å²) in [6.45, 7) is 2.46. The summed E-state index contributed by atoms with van der Waals surface area (Å²) >= 11 is 3.21. The van der Waals surface area contributed by atoms with Crippen molar-refractivity contribution in [3.8, 4) is 0 Å². The van der Waals surface area contributed by atoms with Gasteiger partial charge in [-0.3, -0.25) is 4.79 Å². The Kier molecular flexibility index (Phi) is 2.52. The average molecular weight is 271 g/mol. The van der Waals surface area contributed by atoms with Gasteiger partial charge >= 0.3 is 0 Å². The Balaban J connectivity index is 2.10. The maximum absolute atomic E-state index is 11.8. The van der Waals surface area contributed by atoms with E-state index in [1.165, 1.54) is 0 Å². The van der Waals surface area contributed by atoms with E-state index in [2.05, 4.69) is 20.9 Å². The van der Waals surface area contributed by atoms with E-state index in [0.29, 0.717) is 23.4 Å². The van der Waals surface area contributed by atoms with Gasteiger partial charge in [0.25, 0.3) is 5.91 Å². The van der Waals surface area contributed by atoms with Crippen LogP contribution in [0, 0.1) is 0 Å². The Bertz CT molecular complexity index is 398. The SMILES string of the molecule is CC1(O)CN(C(=O)c2cccc(Br)n2)C1. The molecule has 1 aliphatic rings. The molecule has 1 aromatic heterocycles. The van der Waals surface area contributed by atoms with Gasteiger partial charge in [0.15, 0.2) is 0 Å². The fourth-order valence-electron chi connectivity index (χ4n) is 1.61. The molecule has 2 heterocycles. The fourth-order valence-corrected chi connectivity index (χ4v) is 1.95. The molecule has 1 N–H and O–H groups in total. The summed E-state index contributed by atoms with van der Waals surface area (Å²) in [7, 11) is 0. The van der Waals surface area contributed by atoms with Crippen LogP contribution in [0.15, 0.2) is 22.8 Å². The number of aliphatic hydroxyl groups is 1. The molecular weight excluding hydrogens is 260 g/mol. The number of nitrogens with zero attached hydrogens (tertiary/aromatic N) is 2. The fraction of sp³-hybridized carbons (Fsp3) is 0.400. The van der Waals surface area contributed by atoms with Crippen LogP contribution in [-0.2, 0) is 0 Å². The summed E-state index contributed by atoms with van der Waals surface area (Å²) in [4.78, 5) is 17.4. The molecule has 0 atom stereocenters. The first-order valence-corrected chi connectivity index (χ1v) is 5.41. The third-order valence-electron chi connectivity index (χ3n) is 2.28. The van der Waals surface area contributed by atoms with E-state index in [1.807, 2.05) is 0 Å². The minimum Gasteiger partial charge on any atom is -0.386 e. The Hall–Kier alpha value is -0.940. The number of hydrogen-bond donors (Lipinski definition) is 1. The molecule has 0 radical (unpaired) electrons. The summed E-state index contributed by atoms with van der Waals surface area (Å²) in [6.07, 6.45) is 0. The van der Waals surface area contributed by atoms with Crippen LogP contribution in [0.4, 0.5) is 0 Å². The van der Waals surface area contributed by atoms with Gasteiger partial charge in [-0.05, 0) is 35.0 Å². The highest BCUT2D eigenvalue weighted by atomic mass is 79.9. The predicted octanol–water partition coefficient (Wildman–Crippen LogP) is 1.05. The number of carbonyl (C=O) groups is 1. The quantitative estimate of drug-likeness (QED) is 0.777. The second kappa shape index (κ2) is 3.57. The molecule has 0 spiro atoms. The molecule has 2 rings (SSSR count). The van der Waals surface area contributed by atoms with Crippen molar-refractivity contribution < 1.29 is 9.90 Å². The average Bonchev–Trinajstić information content (AvgIpc) is 2.13. The molecule has 80 valence electrons. The van der Waals surface area contributed by atoms with Crippen molar-refractivity contribution in [3.63, 3.8) is 0 Å². The normalized spacial score (nSPS) is 18.5. The van der Waals surface area contributed by atoms with E-state index in [9.17, 15) is 9.90 Å². The molecule has 1 saturated heterocycles. The van der Waals surface area contributed by atoms with Gasteiger partial charge in [0.2, 0.25) is 0 Å². The van der Waals surface area contributed by atoms with Crippen LogP contribution in [0.2, 0.25) is 0 Å². The first kappa shape index (κ1) is 10.6. The lowest BCUT2D eigenvalue weighted by Gasteiger charge is -2.43. The number of pyridine rings is 1. The highest BCUT2D eigenvalue weighted by Crippen LogP contribution is 2.21. The second-order valence-electron chi connectivity index (χ2n) is 4.00. The molecule has 1 aliphatic heterocycles. The number of carbonyl (C=O) groups excluding carboxylic acids is 1. The molecule has 0 saturated carbocycles. The standard InChI is InChI=1S/C10H11BrN2O2/c1-10(15)5-13(6-10)9(14)7-3-2-4-8(11)12-7/h2-4,15H,5-6H2,1H3. The summed E-state index contributed by atoms with van der Waals surface area (Å²) in [5.74, 6) is -0.136. The second-order valence-corrected chi connectivity index (χ2v) is 4.82. The minimum absolute atomic E-state index is 0.136. The molecule has 1 aromatic rings. The highest BCUT2D eigenvalue weighted by Gasteiger charge is 2.39. The Morgan fingerprint density at radius 1 is 1.60 bits per heavy atom.